The average Bonchev–Trinajstić information content (AvgIpc) is 2.35. The molecule has 0 aliphatic heterocycles. The first-order chi connectivity index (χ1) is 8.17. The minimum Gasteiger partial charge on any atom is -0.461 e. The lowest BCUT2D eigenvalue weighted by atomic mass is 10.2. The van der Waals surface area contributed by atoms with Crippen molar-refractivity contribution in [3.8, 4) is 0 Å². The van der Waals surface area contributed by atoms with Crippen LogP contribution in [-0.4, -0.2) is 37.1 Å². The molecule has 1 rings (SSSR count). The summed E-state index contributed by atoms with van der Waals surface area (Å²) in [6.07, 6.45) is 0. The molecule has 0 fully saturated rings. The fourth-order valence-corrected chi connectivity index (χ4v) is 1.51. The van der Waals surface area contributed by atoms with Gasteiger partial charge < -0.3 is 15.4 Å². The Bertz CT molecular complexity index is 345. The number of hydrogen-bond acceptors (Lipinski definition) is 4. The van der Waals surface area contributed by atoms with Crippen LogP contribution in [0, 0.1) is 0 Å². The van der Waals surface area contributed by atoms with Crippen LogP contribution in [0.2, 0.25) is 0 Å². The molecule has 18 heavy (non-hydrogen) atoms. The zero-order valence-electron chi connectivity index (χ0n) is 10.5. The summed E-state index contributed by atoms with van der Waals surface area (Å²) in [6.45, 7) is 7.31. The van der Waals surface area contributed by atoms with Crippen LogP contribution in [0.25, 0.3) is 0 Å². The molecule has 102 valence electrons. The van der Waals surface area contributed by atoms with Gasteiger partial charge in [0.05, 0.1) is 5.56 Å². The van der Waals surface area contributed by atoms with Crippen molar-refractivity contribution in [1.82, 2.24) is 4.90 Å². The minimum absolute atomic E-state index is 0. The quantitative estimate of drug-likeness (QED) is 0.624. The highest BCUT2D eigenvalue weighted by molar-refractivity contribution is 5.89. The predicted molar refractivity (Wildman–Crippen MR) is 75.7 cm³/mol. The lowest BCUT2D eigenvalue weighted by Crippen LogP contribution is -2.27. The summed E-state index contributed by atoms with van der Waals surface area (Å²) in [5.74, 6) is -0.294. The van der Waals surface area contributed by atoms with E-state index in [1.165, 1.54) is 0 Å². The molecule has 1 aromatic carbocycles. The van der Waals surface area contributed by atoms with E-state index in [4.69, 9.17) is 10.5 Å². The van der Waals surface area contributed by atoms with Crippen molar-refractivity contribution in [3.05, 3.63) is 29.8 Å². The van der Waals surface area contributed by atoms with Crippen LogP contribution in [-0.2, 0) is 4.74 Å². The lowest BCUT2D eigenvalue weighted by molar-refractivity contribution is 0.0466. The molecule has 0 saturated heterocycles. The van der Waals surface area contributed by atoms with Gasteiger partial charge in [0, 0.05) is 12.2 Å². The Balaban J connectivity index is 0.00000289. The van der Waals surface area contributed by atoms with E-state index in [1.807, 2.05) is 0 Å². The molecule has 4 heteroatoms. The van der Waals surface area contributed by atoms with Gasteiger partial charge in [0.25, 0.3) is 0 Å². The summed E-state index contributed by atoms with van der Waals surface area (Å²) in [5.41, 5.74) is 6.73. The molecule has 0 amide bonds. The van der Waals surface area contributed by atoms with Crippen molar-refractivity contribution in [3.63, 3.8) is 0 Å². The number of ether oxygens (including phenoxy) is 1. The number of nitrogens with zero attached hydrogens (tertiary/aromatic N) is 1. The molecule has 2 N–H and O–H groups in total. The summed E-state index contributed by atoms with van der Waals surface area (Å²) in [4.78, 5) is 13.8. The summed E-state index contributed by atoms with van der Waals surface area (Å²) in [5, 5.41) is 0. The maximum absolute atomic E-state index is 11.6. The highest BCUT2D eigenvalue weighted by atomic mass is 16.5. The average molecular weight is 252 g/mol. The molecule has 0 aliphatic carbocycles. The summed E-state index contributed by atoms with van der Waals surface area (Å²) in [7, 11) is 0. The maximum Gasteiger partial charge on any atom is 0.338 e. The monoisotopic (exact) mass is 252 g/mol. The van der Waals surface area contributed by atoms with E-state index in [1.54, 1.807) is 24.3 Å². The first-order valence-electron chi connectivity index (χ1n) is 5.92. The zero-order valence-corrected chi connectivity index (χ0v) is 10.5. The first-order valence-corrected chi connectivity index (χ1v) is 5.92. The molecule has 0 heterocycles. The van der Waals surface area contributed by atoms with Gasteiger partial charge in [-0.15, -0.1) is 0 Å². The van der Waals surface area contributed by atoms with Gasteiger partial charge in [-0.1, -0.05) is 21.3 Å². The van der Waals surface area contributed by atoms with E-state index in [0.717, 1.165) is 19.6 Å². The number of likely N-dealkylation sites (N-methyl/N-ethyl adjacent to an activating group) is 1. The smallest absolute Gasteiger partial charge is 0.338 e. The Labute approximate surface area is 110 Å². The van der Waals surface area contributed by atoms with Crippen molar-refractivity contribution in [2.75, 3.05) is 32.0 Å². The number of carbonyl (C=O) groups excluding carboxylic acids is 1. The van der Waals surface area contributed by atoms with Gasteiger partial charge in [-0.3, -0.25) is 0 Å². The van der Waals surface area contributed by atoms with Gasteiger partial charge >= 0.3 is 5.97 Å². The SMILES string of the molecule is C.CCN(CC)CCOC(=O)c1ccc(N)cc1. The number of esters is 1. The fourth-order valence-electron chi connectivity index (χ4n) is 1.51. The van der Waals surface area contributed by atoms with Crippen molar-refractivity contribution in [1.29, 1.82) is 0 Å². The largest absolute Gasteiger partial charge is 0.461 e. The Morgan fingerprint density at radius 3 is 2.28 bits per heavy atom. The van der Waals surface area contributed by atoms with Gasteiger partial charge in [0.2, 0.25) is 0 Å². The second-order valence-corrected chi connectivity index (χ2v) is 3.78. The van der Waals surface area contributed by atoms with E-state index in [2.05, 4.69) is 18.7 Å². The van der Waals surface area contributed by atoms with E-state index in [-0.39, 0.29) is 13.4 Å². The molecule has 1 aromatic rings. The molecule has 0 spiro atoms. The van der Waals surface area contributed by atoms with Crippen molar-refractivity contribution >= 4 is 11.7 Å². The van der Waals surface area contributed by atoms with E-state index in [0.29, 0.717) is 17.9 Å². The van der Waals surface area contributed by atoms with Crippen LogP contribution in [0.3, 0.4) is 0 Å². The van der Waals surface area contributed by atoms with Crippen LogP contribution < -0.4 is 5.73 Å². The van der Waals surface area contributed by atoms with Crippen LogP contribution in [0.4, 0.5) is 5.69 Å². The molecule has 0 atom stereocenters. The number of rotatable bonds is 6. The third-order valence-corrected chi connectivity index (χ3v) is 2.68. The summed E-state index contributed by atoms with van der Waals surface area (Å²) < 4.78 is 5.18. The lowest BCUT2D eigenvalue weighted by Gasteiger charge is -2.17. The van der Waals surface area contributed by atoms with Crippen LogP contribution in [0.5, 0.6) is 0 Å². The molecule has 0 radical (unpaired) electrons. The normalized spacial score (nSPS) is 9.94. The number of anilines is 1. The summed E-state index contributed by atoms with van der Waals surface area (Å²) >= 11 is 0. The second-order valence-electron chi connectivity index (χ2n) is 3.78. The fraction of sp³-hybridized carbons (Fsp3) is 0.500. The Hall–Kier alpha value is -1.55. The molecule has 0 saturated carbocycles. The standard InChI is InChI=1S/C13H20N2O2.CH4/c1-3-15(4-2)9-10-17-13(16)11-5-7-12(14)8-6-11;/h5-8H,3-4,9-10,14H2,1-2H3;1H4. The van der Waals surface area contributed by atoms with Crippen LogP contribution in [0.15, 0.2) is 24.3 Å². The molecule has 0 aromatic heterocycles. The van der Waals surface area contributed by atoms with Gasteiger partial charge in [-0.2, -0.15) is 0 Å². The van der Waals surface area contributed by atoms with E-state index >= 15 is 0 Å². The number of carbonyl (C=O) groups is 1. The predicted octanol–water partition coefficient (Wildman–Crippen LogP) is 2.40. The van der Waals surface area contributed by atoms with Crippen LogP contribution in [0.1, 0.15) is 31.6 Å². The molecule has 0 bridgehead atoms. The van der Waals surface area contributed by atoms with E-state index < -0.39 is 0 Å². The molecule has 4 nitrogen and oxygen atoms in total. The highest BCUT2D eigenvalue weighted by Gasteiger charge is 2.07. The third-order valence-electron chi connectivity index (χ3n) is 2.68. The van der Waals surface area contributed by atoms with Gasteiger partial charge in [-0.05, 0) is 37.4 Å². The Morgan fingerprint density at radius 1 is 1.22 bits per heavy atom. The Morgan fingerprint density at radius 2 is 1.78 bits per heavy atom. The van der Waals surface area contributed by atoms with Gasteiger partial charge in [-0.25, -0.2) is 4.79 Å². The van der Waals surface area contributed by atoms with Gasteiger partial charge in [0.1, 0.15) is 6.61 Å². The molecule has 0 aliphatic rings. The van der Waals surface area contributed by atoms with Crippen molar-refractivity contribution < 1.29 is 9.53 Å². The minimum atomic E-state index is -0.294. The number of nitrogen functional groups attached to an aromatic ring is 1. The topological polar surface area (TPSA) is 55.6 Å². The third kappa shape index (κ3) is 5.19. The first kappa shape index (κ1) is 16.4. The summed E-state index contributed by atoms with van der Waals surface area (Å²) in [6, 6.07) is 6.74. The molecule has 0 unspecified atom stereocenters. The van der Waals surface area contributed by atoms with E-state index in [9.17, 15) is 4.79 Å². The molecular formula is C14H24N2O2. The second kappa shape index (κ2) is 8.53. The van der Waals surface area contributed by atoms with Gasteiger partial charge in [0.15, 0.2) is 0 Å². The molecular weight excluding hydrogens is 228 g/mol. The van der Waals surface area contributed by atoms with Crippen molar-refractivity contribution in [2.45, 2.75) is 21.3 Å². The zero-order chi connectivity index (χ0) is 12.7. The Kier molecular flexibility index (Phi) is 7.79. The highest BCUT2D eigenvalue weighted by Crippen LogP contribution is 2.06. The van der Waals surface area contributed by atoms with Crippen molar-refractivity contribution in [2.24, 2.45) is 0 Å². The number of nitrogens with two attached hydrogens (primary N) is 1. The maximum atomic E-state index is 11.6. The number of benzene rings is 1. The van der Waals surface area contributed by atoms with Crippen LogP contribution >= 0.6 is 0 Å². The number of hydrogen-bond donors (Lipinski definition) is 1.